The highest BCUT2D eigenvalue weighted by molar-refractivity contribution is 7.90. The molecule has 0 unspecified atom stereocenters. The maximum absolute atomic E-state index is 11.9. The molecule has 0 saturated heterocycles. The molecule has 29 heavy (non-hydrogen) atoms. The van der Waals surface area contributed by atoms with Crippen LogP contribution in [0.1, 0.15) is 0 Å². The van der Waals surface area contributed by atoms with Crippen LogP contribution in [0.25, 0.3) is 44.3 Å². The number of nitrogen functional groups attached to an aromatic ring is 1. The normalized spacial score (nSPS) is 12.0. The van der Waals surface area contributed by atoms with Crippen LogP contribution >= 0.6 is 0 Å². The Bertz CT molecular complexity index is 1500. The van der Waals surface area contributed by atoms with Crippen molar-refractivity contribution >= 4 is 37.6 Å². The summed E-state index contributed by atoms with van der Waals surface area (Å²) < 4.78 is 23.8. The van der Waals surface area contributed by atoms with Gasteiger partial charge in [0.15, 0.2) is 15.7 Å². The van der Waals surface area contributed by atoms with Crippen LogP contribution in [0.3, 0.4) is 0 Å². The Morgan fingerprint density at radius 2 is 1.83 bits per heavy atom. The van der Waals surface area contributed by atoms with Crippen LogP contribution in [0.15, 0.2) is 65.7 Å². The number of nitrogens with two attached hydrogens (primary N) is 1. The van der Waals surface area contributed by atoms with Gasteiger partial charge in [-0.2, -0.15) is 5.10 Å². The number of rotatable bonds is 3. The first-order chi connectivity index (χ1) is 13.9. The highest BCUT2D eigenvalue weighted by atomic mass is 32.2. The van der Waals surface area contributed by atoms with Crippen molar-refractivity contribution in [3.63, 3.8) is 0 Å². The van der Waals surface area contributed by atoms with Crippen molar-refractivity contribution in [2.75, 3.05) is 12.0 Å². The van der Waals surface area contributed by atoms with Crippen molar-refractivity contribution in [2.24, 2.45) is 0 Å². The molecule has 0 aliphatic rings. The number of nitrogens with zero attached hydrogens (tertiary/aromatic N) is 2. The Hall–Kier alpha value is -3.65. The molecule has 0 spiro atoms. The van der Waals surface area contributed by atoms with Gasteiger partial charge < -0.3 is 10.7 Å². The number of nitrogens with one attached hydrogen (secondary N) is 2. The largest absolute Gasteiger partial charge is 0.382 e. The van der Waals surface area contributed by atoms with Gasteiger partial charge in [0.05, 0.1) is 10.4 Å². The fraction of sp³-hybridized carbons (Fsp3) is 0.0476. The molecule has 0 atom stereocenters. The van der Waals surface area contributed by atoms with Gasteiger partial charge in [-0.15, -0.1) is 0 Å². The fourth-order valence-electron chi connectivity index (χ4n) is 3.53. The molecule has 0 bridgehead atoms. The third-order valence-electron chi connectivity index (χ3n) is 5.01. The van der Waals surface area contributed by atoms with E-state index in [0.717, 1.165) is 44.3 Å². The number of aromatic nitrogens is 4. The van der Waals surface area contributed by atoms with E-state index in [0.29, 0.717) is 5.82 Å². The van der Waals surface area contributed by atoms with Crippen LogP contribution in [-0.2, 0) is 9.84 Å². The van der Waals surface area contributed by atoms with Crippen molar-refractivity contribution in [3.8, 4) is 22.4 Å². The third-order valence-corrected chi connectivity index (χ3v) is 6.12. The maximum atomic E-state index is 11.9. The molecule has 7 nitrogen and oxygen atoms in total. The van der Waals surface area contributed by atoms with Crippen LogP contribution in [0.5, 0.6) is 0 Å². The lowest BCUT2D eigenvalue weighted by Crippen LogP contribution is -1.96. The smallest absolute Gasteiger partial charge is 0.175 e. The lowest BCUT2D eigenvalue weighted by molar-refractivity contribution is 0.602. The summed E-state index contributed by atoms with van der Waals surface area (Å²) in [6.45, 7) is 0. The van der Waals surface area contributed by atoms with Gasteiger partial charge in [0.25, 0.3) is 0 Å². The lowest BCUT2D eigenvalue weighted by atomic mass is 10.0. The minimum Gasteiger partial charge on any atom is -0.382 e. The minimum absolute atomic E-state index is 0.280. The predicted octanol–water partition coefficient (Wildman–Crippen LogP) is 3.76. The summed E-state index contributed by atoms with van der Waals surface area (Å²) in [4.78, 5) is 8.01. The number of anilines is 1. The Morgan fingerprint density at radius 3 is 2.66 bits per heavy atom. The molecule has 0 radical (unpaired) electrons. The Balaban J connectivity index is 1.68. The fourth-order valence-corrected chi connectivity index (χ4v) is 4.20. The lowest BCUT2D eigenvalue weighted by Gasteiger charge is -2.03. The van der Waals surface area contributed by atoms with Crippen LogP contribution in [-0.4, -0.2) is 34.8 Å². The van der Waals surface area contributed by atoms with Crippen molar-refractivity contribution in [1.82, 2.24) is 20.2 Å². The number of H-pyrrole nitrogens is 2. The Kier molecular flexibility index (Phi) is 3.72. The monoisotopic (exact) mass is 403 g/mol. The van der Waals surface area contributed by atoms with Gasteiger partial charge in [-0.05, 0) is 53.1 Å². The van der Waals surface area contributed by atoms with E-state index in [-0.39, 0.29) is 4.90 Å². The number of aromatic amines is 2. The van der Waals surface area contributed by atoms with Gasteiger partial charge in [0.1, 0.15) is 5.65 Å². The topological polar surface area (TPSA) is 118 Å². The van der Waals surface area contributed by atoms with Gasteiger partial charge in [0.2, 0.25) is 0 Å². The minimum atomic E-state index is -3.28. The van der Waals surface area contributed by atoms with Gasteiger partial charge in [-0.1, -0.05) is 18.2 Å². The summed E-state index contributed by atoms with van der Waals surface area (Å²) in [5.41, 5.74) is 11.1. The molecule has 5 aromatic rings. The van der Waals surface area contributed by atoms with Gasteiger partial charge in [0, 0.05) is 28.9 Å². The number of sulfone groups is 1. The van der Waals surface area contributed by atoms with E-state index in [9.17, 15) is 8.42 Å². The summed E-state index contributed by atoms with van der Waals surface area (Å²) >= 11 is 0. The second kappa shape index (κ2) is 6.18. The van der Waals surface area contributed by atoms with Crippen LogP contribution < -0.4 is 5.73 Å². The van der Waals surface area contributed by atoms with Crippen molar-refractivity contribution in [1.29, 1.82) is 0 Å². The zero-order valence-electron chi connectivity index (χ0n) is 15.5. The average Bonchev–Trinajstić information content (AvgIpc) is 3.31. The van der Waals surface area contributed by atoms with E-state index in [2.05, 4.69) is 20.2 Å². The van der Waals surface area contributed by atoms with Gasteiger partial charge >= 0.3 is 0 Å². The molecule has 0 fully saturated rings. The molecular weight excluding hydrogens is 386 g/mol. The molecule has 3 aromatic heterocycles. The molecule has 144 valence electrons. The summed E-state index contributed by atoms with van der Waals surface area (Å²) in [5, 5.41) is 8.76. The SMILES string of the molecule is CS(=O)(=O)c1cccc(-c2cc3c(-c4ccc5[nH]nc(N)c5c4)ccnc3[nH]2)c1. The average molecular weight is 403 g/mol. The van der Waals surface area contributed by atoms with E-state index >= 15 is 0 Å². The number of hydrogen-bond acceptors (Lipinski definition) is 5. The molecule has 3 heterocycles. The summed E-state index contributed by atoms with van der Waals surface area (Å²) in [7, 11) is -3.28. The van der Waals surface area contributed by atoms with Crippen molar-refractivity contribution < 1.29 is 8.42 Å². The molecule has 0 aliphatic heterocycles. The number of fused-ring (bicyclic) bond motifs is 2. The second-order valence-corrected chi connectivity index (χ2v) is 8.99. The van der Waals surface area contributed by atoms with Crippen LogP contribution in [0, 0.1) is 0 Å². The molecule has 0 amide bonds. The summed E-state index contributed by atoms with van der Waals surface area (Å²) in [5.74, 6) is 0.458. The molecule has 5 rings (SSSR count). The zero-order valence-corrected chi connectivity index (χ0v) is 16.3. The van der Waals surface area contributed by atoms with E-state index in [1.807, 2.05) is 36.4 Å². The quantitative estimate of drug-likeness (QED) is 0.424. The van der Waals surface area contributed by atoms with Crippen molar-refractivity contribution in [2.45, 2.75) is 4.90 Å². The van der Waals surface area contributed by atoms with E-state index in [4.69, 9.17) is 5.73 Å². The number of pyridine rings is 1. The first-order valence-corrected chi connectivity index (χ1v) is 10.8. The molecule has 2 aromatic carbocycles. The van der Waals surface area contributed by atoms with Gasteiger partial charge in [-0.3, -0.25) is 5.10 Å². The molecule has 0 aliphatic carbocycles. The molecular formula is C21H17N5O2S. The van der Waals surface area contributed by atoms with Crippen molar-refractivity contribution in [3.05, 3.63) is 60.8 Å². The Morgan fingerprint density at radius 1 is 0.966 bits per heavy atom. The standard InChI is InChI=1S/C21H17N5O2S/c1-29(27,28)14-4-2-3-13(9-14)19-11-16-15(7-8-23-21(16)24-19)12-5-6-18-17(10-12)20(22)26-25-18/h2-11H,1H3,(H,23,24)(H3,22,25,26). The third kappa shape index (κ3) is 2.94. The van der Waals surface area contributed by atoms with Gasteiger partial charge in [-0.25, -0.2) is 13.4 Å². The van der Waals surface area contributed by atoms with Crippen LogP contribution in [0.2, 0.25) is 0 Å². The second-order valence-electron chi connectivity index (χ2n) is 6.97. The maximum Gasteiger partial charge on any atom is 0.175 e. The molecule has 4 N–H and O–H groups in total. The first kappa shape index (κ1) is 17.4. The highest BCUT2D eigenvalue weighted by Crippen LogP contribution is 2.33. The van der Waals surface area contributed by atoms with Crippen LogP contribution in [0.4, 0.5) is 5.82 Å². The summed E-state index contributed by atoms with van der Waals surface area (Å²) in [6, 6.07) is 16.8. The molecule has 8 heteroatoms. The first-order valence-electron chi connectivity index (χ1n) is 8.92. The van der Waals surface area contributed by atoms with E-state index in [1.54, 1.807) is 24.4 Å². The Labute approximate surface area is 166 Å². The van der Waals surface area contributed by atoms with E-state index < -0.39 is 9.84 Å². The molecule has 0 saturated carbocycles. The predicted molar refractivity (Wildman–Crippen MR) is 114 cm³/mol. The number of benzene rings is 2. The highest BCUT2D eigenvalue weighted by Gasteiger charge is 2.13. The van der Waals surface area contributed by atoms with E-state index in [1.165, 1.54) is 6.26 Å². The zero-order chi connectivity index (χ0) is 20.2. The number of hydrogen-bond donors (Lipinski definition) is 3. The summed E-state index contributed by atoms with van der Waals surface area (Å²) in [6.07, 6.45) is 2.95.